The topological polar surface area (TPSA) is 38.9 Å². The average Bonchev–Trinajstić information content (AvgIpc) is 3.70. The maximum Gasteiger partial charge on any atom is 0.246 e. The molecule has 0 amide bonds. The van der Waals surface area contributed by atoms with Crippen molar-refractivity contribution in [2.75, 3.05) is 0 Å². The zero-order valence-corrected chi connectivity index (χ0v) is 34.1. The molecule has 0 saturated heterocycles. The van der Waals surface area contributed by atoms with Crippen molar-refractivity contribution in [3.63, 3.8) is 0 Å². The Kier molecular flexibility index (Phi) is 8.27. The van der Waals surface area contributed by atoms with E-state index in [9.17, 15) is 0 Å². The number of hydrogen-bond donors (Lipinski definition) is 0. The van der Waals surface area contributed by atoms with Crippen LogP contribution in [0.25, 0.3) is 99.5 Å². The Hall–Kier alpha value is -8.06. The zero-order valence-electron chi connectivity index (χ0n) is 34.1. The van der Waals surface area contributed by atoms with E-state index in [0.29, 0.717) is 12.1 Å². The molecule has 3 heteroatoms. The van der Waals surface area contributed by atoms with Gasteiger partial charge in [-0.05, 0) is 103 Å². The molecule has 1 aliphatic rings. The lowest BCUT2D eigenvalue weighted by Gasteiger charge is -2.32. The van der Waals surface area contributed by atoms with Gasteiger partial charge in [0.05, 0.1) is 11.4 Å². The minimum atomic E-state index is -0.238. The highest BCUT2D eigenvalue weighted by Gasteiger charge is 2.36. The Morgan fingerprint density at radius 2 is 1.15 bits per heavy atom. The van der Waals surface area contributed by atoms with Crippen molar-refractivity contribution in [1.82, 2.24) is 9.97 Å². The third-order valence-electron chi connectivity index (χ3n) is 12.8. The highest BCUT2D eigenvalue weighted by atomic mass is 16.3. The fourth-order valence-corrected chi connectivity index (χ4v) is 10.0. The molecule has 0 radical (unpaired) electrons. The number of rotatable bonds is 5. The molecule has 0 spiro atoms. The molecular weight excluding hydrogens is 753 g/mol. The Bertz CT molecular complexity index is 3620. The van der Waals surface area contributed by atoms with Crippen LogP contribution in [0.1, 0.15) is 33.9 Å². The maximum absolute atomic E-state index is 6.88. The number of fused-ring (bicyclic) bond motifs is 9. The van der Waals surface area contributed by atoms with Crippen molar-refractivity contribution < 1.29 is 4.42 Å². The quantitative estimate of drug-likeness (QED) is 0.163. The molecule has 0 saturated carbocycles. The van der Waals surface area contributed by atoms with E-state index < -0.39 is 0 Å². The Morgan fingerprint density at radius 3 is 1.87 bits per heavy atom. The van der Waals surface area contributed by atoms with E-state index in [0.717, 1.165) is 83.3 Å². The van der Waals surface area contributed by atoms with Crippen LogP contribution >= 0.6 is 0 Å². The summed E-state index contributed by atoms with van der Waals surface area (Å²) in [7, 11) is 0. The van der Waals surface area contributed by atoms with Crippen LogP contribution < -0.4 is 0 Å². The first-order valence-corrected chi connectivity index (χ1v) is 21.2. The third-order valence-corrected chi connectivity index (χ3v) is 12.8. The molecule has 290 valence electrons. The number of benzene rings is 9. The Labute approximate surface area is 360 Å². The number of furan rings is 1. The molecular formula is C59H38N2O. The lowest BCUT2D eigenvalue weighted by atomic mass is 9.71. The van der Waals surface area contributed by atoms with Crippen LogP contribution in [0.2, 0.25) is 0 Å². The van der Waals surface area contributed by atoms with E-state index in [1.807, 2.05) is 12.1 Å². The van der Waals surface area contributed by atoms with Gasteiger partial charge in [0, 0.05) is 33.6 Å². The summed E-state index contributed by atoms with van der Waals surface area (Å²) >= 11 is 0. The first-order chi connectivity index (χ1) is 30.6. The summed E-state index contributed by atoms with van der Waals surface area (Å²) in [5.41, 5.74) is 17.9. The minimum Gasteiger partial charge on any atom is -0.436 e. The Balaban J connectivity index is 1.21. The molecule has 11 aromatic rings. The van der Waals surface area contributed by atoms with Gasteiger partial charge < -0.3 is 4.42 Å². The van der Waals surface area contributed by atoms with Gasteiger partial charge >= 0.3 is 0 Å². The highest BCUT2D eigenvalue weighted by Crippen LogP contribution is 2.53. The number of hydrogen-bond acceptors (Lipinski definition) is 3. The van der Waals surface area contributed by atoms with Crippen LogP contribution in [0.5, 0.6) is 0 Å². The van der Waals surface area contributed by atoms with Crippen LogP contribution in [0, 0.1) is 19.3 Å². The van der Waals surface area contributed by atoms with Gasteiger partial charge in [-0.15, -0.1) is 6.42 Å². The van der Waals surface area contributed by atoms with Crippen LogP contribution in [0.4, 0.5) is 0 Å². The molecule has 9 aromatic carbocycles. The van der Waals surface area contributed by atoms with Crippen molar-refractivity contribution in [2.45, 2.75) is 19.3 Å². The van der Waals surface area contributed by atoms with Crippen LogP contribution in [-0.2, 0) is 6.42 Å². The fourth-order valence-electron chi connectivity index (χ4n) is 10.0. The van der Waals surface area contributed by atoms with Gasteiger partial charge in [0.25, 0.3) is 0 Å². The van der Waals surface area contributed by atoms with Crippen molar-refractivity contribution in [3.05, 3.63) is 216 Å². The summed E-state index contributed by atoms with van der Waals surface area (Å²) in [6, 6.07) is 66.6. The molecule has 3 nitrogen and oxygen atoms in total. The van der Waals surface area contributed by atoms with Crippen molar-refractivity contribution in [2.24, 2.45) is 0 Å². The number of aryl methyl sites for hydroxylation is 1. The van der Waals surface area contributed by atoms with Crippen molar-refractivity contribution in [3.8, 4) is 68.1 Å². The molecule has 1 aliphatic carbocycles. The maximum atomic E-state index is 6.88. The van der Waals surface area contributed by atoms with Gasteiger partial charge in [0.1, 0.15) is 11.1 Å². The zero-order chi connectivity index (χ0) is 41.3. The number of nitrogens with zero attached hydrogens (tertiary/aromatic N) is 2. The lowest BCUT2D eigenvalue weighted by molar-refractivity contribution is 0.652. The summed E-state index contributed by atoms with van der Waals surface area (Å²) in [6.45, 7) is 2.20. The van der Waals surface area contributed by atoms with E-state index in [4.69, 9.17) is 20.8 Å². The Morgan fingerprint density at radius 1 is 0.532 bits per heavy atom. The molecule has 0 fully saturated rings. The fraction of sp³-hybridized carbons (Fsp3) is 0.0508. The van der Waals surface area contributed by atoms with Crippen molar-refractivity contribution in [1.29, 1.82) is 0 Å². The molecule has 0 N–H and O–H groups in total. The van der Waals surface area contributed by atoms with Gasteiger partial charge in [-0.25, -0.2) is 9.97 Å². The number of terminal acetylenes is 1. The van der Waals surface area contributed by atoms with Gasteiger partial charge in [-0.3, -0.25) is 0 Å². The normalized spacial score (nSPS) is 13.3. The molecule has 2 heterocycles. The lowest BCUT2D eigenvalue weighted by Crippen LogP contribution is -2.18. The van der Waals surface area contributed by atoms with E-state index in [-0.39, 0.29) is 5.92 Å². The van der Waals surface area contributed by atoms with Gasteiger partial charge in [0.15, 0.2) is 0 Å². The summed E-state index contributed by atoms with van der Waals surface area (Å²) in [5, 5.41) is 5.62. The van der Waals surface area contributed by atoms with Gasteiger partial charge in [0.2, 0.25) is 5.71 Å². The van der Waals surface area contributed by atoms with Crippen LogP contribution in [-0.4, -0.2) is 9.97 Å². The summed E-state index contributed by atoms with van der Waals surface area (Å²) in [5.74, 6) is 3.09. The molecule has 1 unspecified atom stereocenters. The van der Waals surface area contributed by atoms with Crippen LogP contribution in [0.15, 0.2) is 192 Å². The molecule has 62 heavy (non-hydrogen) atoms. The van der Waals surface area contributed by atoms with Crippen LogP contribution in [0.3, 0.4) is 0 Å². The van der Waals surface area contributed by atoms with E-state index in [1.54, 1.807) is 0 Å². The third kappa shape index (κ3) is 5.61. The molecule has 0 bridgehead atoms. The number of aromatic nitrogens is 2. The predicted molar refractivity (Wildman–Crippen MR) is 256 cm³/mol. The standard InChI is InChI=1S/C59H38N2O/c1-3-44-52(48-32-41-26-14-13-25-40(41)31-36(48)2)46-29-17-18-30-47(46)54-45-28-16-15-27-42(45)33-50(53(44)54)56-55(39-23-11-6-12-24-39)61-59-57(60-56)51-35-43(37-19-7-4-8-20-37)34-49(58(51)62-59)38-21-9-5-10-22-38/h1,4-32,34-35,50H,33H2,2H3. The van der Waals surface area contributed by atoms with Crippen molar-refractivity contribution >= 4 is 43.7 Å². The SMILES string of the molecule is C#Cc1c2c(c3ccccc3c1-c1cc3ccccc3cc1C)-c1ccccc1CC2c1nc2c(nc1-c1ccccc1)oc1c(-c3ccccc3)cc(-c3ccccc3)cc12. The molecule has 1 atom stereocenters. The first-order valence-electron chi connectivity index (χ1n) is 21.2. The average molecular weight is 791 g/mol. The molecule has 12 rings (SSSR count). The minimum absolute atomic E-state index is 0.238. The van der Waals surface area contributed by atoms with E-state index in [2.05, 4.69) is 189 Å². The molecule has 2 aromatic heterocycles. The second-order valence-electron chi connectivity index (χ2n) is 16.4. The second kappa shape index (κ2) is 14.3. The van der Waals surface area contributed by atoms with E-state index in [1.165, 1.54) is 38.4 Å². The largest absolute Gasteiger partial charge is 0.436 e. The predicted octanol–water partition coefficient (Wildman–Crippen LogP) is 15.0. The molecule has 0 aliphatic heterocycles. The smallest absolute Gasteiger partial charge is 0.246 e. The van der Waals surface area contributed by atoms with Gasteiger partial charge in [-0.2, -0.15) is 0 Å². The highest BCUT2D eigenvalue weighted by molar-refractivity contribution is 6.12. The summed E-state index contributed by atoms with van der Waals surface area (Å²) in [6.07, 6.45) is 7.57. The second-order valence-corrected chi connectivity index (χ2v) is 16.4. The van der Waals surface area contributed by atoms with Gasteiger partial charge in [-0.1, -0.05) is 176 Å². The monoisotopic (exact) mass is 790 g/mol. The summed E-state index contributed by atoms with van der Waals surface area (Å²) < 4.78 is 6.88. The van der Waals surface area contributed by atoms with E-state index >= 15 is 0 Å². The summed E-state index contributed by atoms with van der Waals surface area (Å²) in [4.78, 5) is 11.3. The first kappa shape index (κ1) is 35.8.